The van der Waals surface area contributed by atoms with E-state index in [4.69, 9.17) is 33.2 Å². The number of fused-ring (bicyclic) bond motifs is 4. The van der Waals surface area contributed by atoms with Gasteiger partial charge in [-0.2, -0.15) is 0 Å². The van der Waals surface area contributed by atoms with E-state index in [1.54, 1.807) is 95.3 Å². The molecule has 0 radical (unpaired) electrons. The largest absolute Gasteiger partial charge is 0.458 e. The lowest BCUT2D eigenvalue weighted by Crippen LogP contribution is -2.74. The van der Waals surface area contributed by atoms with E-state index < -0.39 is 112 Å². The molecule has 1 spiro atoms. The topological polar surface area (TPSA) is 196 Å². The highest BCUT2D eigenvalue weighted by atomic mass is 16.6. The number of nitrogens with one attached hydrogen (secondary N) is 1. The second kappa shape index (κ2) is 16.9. The predicted molar refractivity (Wildman–Crippen MR) is 222 cm³/mol. The van der Waals surface area contributed by atoms with Gasteiger partial charge in [-0.3, -0.25) is 19.2 Å². The van der Waals surface area contributed by atoms with Crippen LogP contribution in [0.5, 0.6) is 0 Å². The van der Waals surface area contributed by atoms with Crippen LogP contribution in [0.3, 0.4) is 0 Å². The van der Waals surface area contributed by atoms with Crippen LogP contribution in [0, 0.1) is 28.6 Å². The Kier molecular flexibility index (Phi) is 12.2. The van der Waals surface area contributed by atoms with Crippen molar-refractivity contribution in [2.24, 2.45) is 28.6 Å². The third-order valence-corrected chi connectivity index (χ3v) is 13.5. The summed E-state index contributed by atoms with van der Waals surface area (Å²) in [6, 6.07) is 15.5. The SMILES string of the molecule is CCC(=O)O[C@@H](C(=O)O[C@H]1CC2[C@@H](OC(=O)c3ccccc3)[C@@H]3[C@]4(OC(C)=O)CO[C@@H]4C[C@@H]4C[C@@]43C(=O)[C@H](OC(C)=O)C(=C1C)C2(C)C)[C@@H](NC(=O)OC(C)(C)C)c1ccccc1. The summed E-state index contributed by atoms with van der Waals surface area (Å²) in [6.45, 7) is 14.4. The third kappa shape index (κ3) is 8.36. The molecular weight excluding hydrogens is 815 g/mol. The normalized spacial score (nSPS) is 31.0. The Morgan fingerprint density at radius 2 is 1.54 bits per heavy atom. The van der Waals surface area contributed by atoms with E-state index in [1.165, 1.54) is 13.8 Å². The molecule has 1 unspecified atom stereocenters. The zero-order chi connectivity index (χ0) is 45.8. The van der Waals surface area contributed by atoms with Gasteiger partial charge in [0, 0.05) is 31.6 Å². The summed E-state index contributed by atoms with van der Waals surface area (Å²) in [5.74, 6) is -6.22. The Labute approximate surface area is 366 Å². The summed E-state index contributed by atoms with van der Waals surface area (Å²) >= 11 is 0. The van der Waals surface area contributed by atoms with Gasteiger partial charge in [0.05, 0.1) is 18.1 Å². The van der Waals surface area contributed by atoms with Crippen molar-refractivity contribution in [3.8, 4) is 0 Å². The molecule has 5 aliphatic rings. The number of amides is 1. The molecule has 4 fully saturated rings. The minimum absolute atomic E-state index is 0.00462. The summed E-state index contributed by atoms with van der Waals surface area (Å²) in [5.41, 5.74) is -3.19. The van der Waals surface area contributed by atoms with Gasteiger partial charge in [-0.05, 0) is 87.1 Å². The summed E-state index contributed by atoms with van der Waals surface area (Å²) in [6.07, 6.45) is -6.37. The molecule has 1 aliphatic heterocycles. The standard InChI is InChI=1S/C48H57NO14/c1-10-34(52)60-39(36(28-17-13-11-14-18-28)49-44(56)63-45(5,6)7)43(55)59-32-22-31-37(61-42(54)29-19-15-12-16-20-29)40-47(23-30(47)21-33-48(40,24-57-33)62-27(4)51)41(53)38(58-26(3)50)35(25(32)2)46(31,8)9/h11-20,30-33,36-40H,10,21-24H2,1-9H3,(H,49,56)/t30-,31?,32+,33-,36+,37-,38-,39-,40+,47-,48+/m1/s1. The van der Waals surface area contributed by atoms with Gasteiger partial charge in [0.1, 0.15) is 30.0 Å². The van der Waals surface area contributed by atoms with Crippen LogP contribution in [-0.2, 0) is 57.1 Å². The Bertz CT molecular complexity index is 2200. The van der Waals surface area contributed by atoms with Crippen molar-refractivity contribution in [1.82, 2.24) is 5.32 Å². The molecule has 7 rings (SSSR count). The van der Waals surface area contributed by atoms with E-state index in [9.17, 15) is 28.8 Å². The van der Waals surface area contributed by atoms with Gasteiger partial charge in [0.25, 0.3) is 0 Å². The van der Waals surface area contributed by atoms with Gasteiger partial charge in [0.2, 0.25) is 6.10 Å². The Morgan fingerprint density at radius 1 is 0.889 bits per heavy atom. The first-order valence-electron chi connectivity index (χ1n) is 21.6. The highest BCUT2D eigenvalue weighted by Gasteiger charge is 2.82. The Morgan fingerprint density at radius 3 is 2.11 bits per heavy atom. The van der Waals surface area contributed by atoms with E-state index in [0.29, 0.717) is 29.6 Å². The fraction of sp³-hybridized carbons (Fsp3) is 0.562. The van der Waals surface area contributed by atoms with Crippen molar-refractivity contribution in [2.75, 3.05) is 6.61 Å². The molecule has 63 heavy (non-hydrogen) atoms. The number of esters is 5. The van der Waals surface area contributed by atoms with Crippen LogP contribution < -0.4 is 5.32 Å². The van der Waals surface area contributed by atoms with Gasteiger partial charge in [-0.25, -0.2) is 14.4 Å². The monoisotopic (exact) mass is 871 g/mol. The number of hydrogen-bond acceptors (Lipinski definition) is 14. The van der Waals surface area contributed by atoms with Gasteiger partial charge in [0.15, 0.2) is 17.5 Å². The van der Waals surface area contributed by atoms with E-state index >= 15 is 4.79 Å². The quantitative estimate of drug-likeness (QED) is 0.150. The maximum Gasteiger partial charge on any atom is 0.408 e. The lowest BCUT2D eigenvalue weighted by Gasteiger charge is -2.62. The highest BCUT2D eigenvalue weighted by Crippen LogP contribution is 2.74. The van der Waals surface area contributed by atoms with Crippen LogP contribution in [0.15, 0.2) is 71.8 Å². The maximum absolute atomic E-state index is 15.6. The lowest BCUT2D eigenvalue weighted by atomic mass is 9.50. The van der Waals surface area contributed by atoms with Crippen LogP contribution in [-0.4, -0.2) is 90.1 Å². The average Bonchev–Trinajstić information content (AvgIpc) is 3.94. The number of rotatable bonds is 11. The van der Waals surface area contributed by atoms with E-state index in [-0.39, 0.29) is 30.9 Å². The highest BCUT2D eigenvalue weighted by molar-refractivity contribution is 5.97. The molecule has 1 heterocycles. The summed E-state index contributed by atoms with van der Waals surface area (Å²) in [7, 11) is 0. The zero-order valence-corrected chi connectivity index (χ0v) is 37.2. The first-order valence-corrected chi connectivity index (χ1v) is 21.6. The van der Waals surface area contributed by atoms with Crippen molar-refractivity contribution in [3.05, 3.63) is 82.9 Å². The van der Waals surface area contributed by atoms with Crippen molar-refractivity contribution < 1.29 is 66.7 Å². The van der Waals surface area contributed by atoms with Crippen LogP contribution in [0.4, 0.5) is 4.79 Å². The number of ether oxygens (including phenoxy) is 7. The summed E-state index contributed by atoms with van der Waals surface area (Å²) < 4.78 is 42.8. The zero-order valence-electron chi connectivity index (χ0n) is 37.2. The number of benzene rings is 2. The smallest absolute Gasteiger partial charge is 0.408 e. The molecule has 0 aromatic heterocycles. The molecule has 2 aromatic rings. The molecule has 1 amide bonds. The Balaban J connectivity index is 1.37. The number of alkyl carbamates (subject to hydrolysis) is 1. The molecule has 1 N–H and O–H groups in total. The van der Waals surface area contributed by atoms with E-state index in [1.807, 2.05) is 13.8 Å². The van der Waals surface area contributed by atoms with Crippen LogP contribution in [0.1, 0.15) is 110 Å². The number of carbonyl (C=O) groups is 7. The van der Waals surface area contributed by atoms with Crippen molar-refractivity contribution in [2.45, 2.75) is 136 Å². The summed E-state index contributed by atoms with van der Waals surface area (Å²) in [4.78, 5) is 97.2. The second-order valence-corrected chi connectivity index (χ2v) is 19.0. The minimum Gasteiger partial charge on any atom is -0.458 e. The van der Waals surface area contributed by atoms with Gasteiger partial charge in [-0.1, -0.05) is 69.3 Å². The molecule has 4 aliphatic carbocycles. The lowest BCUT2D eigenvalue weighted by molar-refractivity contribution is -0.311. The molecule has 15 heteroatoms. The molecule has 11 atom stereocenters. The molecule has 3 saturated carbocycles. The van der Waals surface area contributed by atoms with Crippen molar-refractivity contribution in [3.63, 3.8) is 0 Å². The third-order valence-electron chi connectivity index (χ3n) is 13.5. The van der Waals surface area contributed by atoms with Gasteiger partial charge in [-0.15, -0.1) is 0 Å². The van der Waals surface area contributed by atoms with Crippen LogP contribution >= 0.6 is 0 Å². The number of Topliss-reactive ketones (excluding diaryl/α,β-unsaturated/α-hetero) is 1. The predicted octanol–water partition coefficient (Wildman–Crippen LogP) is 6.32. The number of ketones is 1. The number of carbonyl (C=O) groups excluding carboxylic acids is 7. The molecule has 2 aromatic carbocycles. The molecular formula is C48H57NO14. The van der Waals surface area contributed by atoms with E-state index in [2.05, 4.69) is 5.32 Å². The number of hydrogen-bond donors (Lipinski definition) is 1. The summed E-state index contributed by atoms with van der Waals surface area (Å²) in [5, 5.41) is 2.71. The first kappa shape index (κ1) is 45.5. The second-order valence-electron chi connectivity index (χ2n) is 19.0. The van der Waals surface area contributed by atoms with Crippen LogP contribution in [0.25, 0.3) is 0 Å². The molecule has 1 saturated heterocycles. The first-order chi connectivity index (χ1) is 29.6. The Hall–Kier alpha value is -5.57. The molecule has 338 valence electrons. The van der Waals surface area contributed by atoms with Crippen molar-refractivity contribution in [1.29, 1.82) is 0 Å². The van der Waals surface area contributed by atoms with E-state index in [0.717, 1.165) is 0 Å². The van der Waals surface area contributed by atoms with Gasteiger partial charge >= 0.3 is 35.9 Å². The van der Waals surface area contributed by atoms with Crippen LogP contribution in [0.2, 0.25) is 0 Å². The average molecular weight is 872 g/mol. The fourth-order valence-corrected chi connectivity index (χ4v) is 10.8. The minimum atomic E-state index is -1.74. The fourth-order valence-electron chi connectivity index (χ4n) is 10.8. The molecule has 2 bridgehead atoms. The molecule has 15 nitrogen and oxygen atoms in total. The van der Waals surface area contributed by atoms with Crippen molar-refractivity contribution >= 4 is 41.7 Å². The van der Waals surface area contributed by atoms with Gasteiger partial charge < -0.3 is 38.5 Å². The maximum atomic E-state index is 15.6.